The molecule has 0 spiro atoms. The lowest BCUT2D eigenvalue weighted by Crippen LogP contribution is -2.39. The molecule has 1 saturated heterocycles. The average molecular weight is 385 g/mol. The molecule has 0 unspecified atom stereocenters. The molecule has 1 aliphatic rings. The molecule has 140 valence electrons. The minimum atomic E-state index is -4.39. The number of carbonyl (C=O) groups is 1. The third kappa shape index (κ3) is 4.16. The smallest absolute Gasteiger partial charge is 0.393 e. The standard InChI is InChI=1S/C17H18F3N3O2S/c1-11-10-23(13-4-2-12(3-5-13)17(18,19)20)16(26-11)21-15(25)22-8-6-14(24)7-9-22/h2-5,10,14,24H,6-9H2,1H3. The molecule has 1 fully saturated rings. The molecule has 3 rings (SSSR count). The lowest BCUT2D eigenvalue weighted by molar-refractivity contribution is -0.137. The Morgan fingerprint density at radius 3 is 2.42 bits per heavy atom. The highest BCUT2D eigenvalue weighted by Crippen LogP contribution is 2.29. The molecule has 1 N–H and O–H groups in total. The first-order valence-electron chi connectivity index (χ1n) is 8.12. The van der Waals surface area contributed by atoms with Crippen molar-refractivity contribution in [3.05, 3.63) is 45.7 Å². The van der Waals surface area contributed by atoms with Gasteiger partial charge < -0.3 is 10.0 Å². The van der Waals surface area contributed by atoms with Gasteiger partial charge in [-0.1, -0.05) is 0 Å². The van der Waals surface area contributed by atoms with Crippen molar-refractivity contribution < 1.29 is 23.1 Å². The highest BCUT2D eigenvalue weighted by Gasteiger charge is 2.30. The van der Waals surface area contributed by atoms with Crippen LogP contribution in [0.3, 0.4) is 0 Å². The molecule has 1 aromatic carbocycles. The van der Waals surface area contributed by atoms with Crippen molar-refractivity contribution in [2.75, 3.05) is 13.1 Å². The van der Waals surface area contributed by atoms with Crippen molar-refractivity contribution >= 4 is 17.4 Å². The second kappa shape index (κ2) is 7.24. The summed E-state index contributed by atoms with van der Waals surface area (Å²) >= 11 is 1.29. The number of hydrogen-bond donors (Lipinski definition) is 1. The van der Waals surface area contributed by atoms with Crippen LogP contribution < -0.4 is 4.80 Å². The zero-order valence-electron chi connectivity index (χ0n) is 14.0. The van der Waals surface area contributed by atoms with E-state index in [4.69, 9.17) is 0 Å². The van der Waals surface area contributed by atoms with E-state index in [1.807, 2.05) is 6.92 Å². The number of carbonyl (C=O) groups excluding carboxylic acids is 1. The number of rotatable bonds is 1. The van der Waals surface area contributed by atoms with Crippen molar-refractivity contribution in [2.45, 2.75) is 32.0 Å². The number of hydrogen-bond acceptors (Lipinski definition) is 3. The molecule has 2 aromatic rings. The monoisotopic (exact) mass is 385 g/mol. The van der Waals surface area contributed by atoms with E-state index in [1.165, 1.54) is 23.5 Å². The minimum absolute atomic E-state index is 0.389. The van der Waals surface area contributed by atoms with Gasteiger partial charge in [0.15, 0.2) is 4.80 Å². The molecule has 0 bridgehead atoms. The van der Waals surface area contributed by atoms with Gasteiger partial charge in [0.25, 0.3) is 0 Å². The summed E-state index contributed by atoms with van der Waals surface area (Å²) in [6, 6.07) is 4.32. The summed E-state index contributed by atoms with van der Waals surface area (Å²) < 4.78 is 39.8. The van der Waals surface area contributed by atoms with Crippen LogP contribution in [0.15, 0.2) is 35.5 Å². The molecule has 0 saturated carbocycles. The molecule has 0 atom stereocenters. The van der Waals surface area contributed by atoms with Gasteiger partial charge in [-0.3, -0.25) is 4.57 Å². The first-order valence-corrected chi connectivity index (χ1v) is 8.94. The number of piperidine rings is 1. The van der Waals surface area contributed by atoms with Gasteiger partial charge in [-0.05, 0) is 44.0 Å². The number of aromatic nitrogens is 1. The Kier molecular flexibility index (Phi) is 5.19. The number of likely N-dealkylation sites (tertiary alicyclic amines) is 1. The number of aliphatic hydroxyl groups excluding tert-OH is 1. The highest BCUT2D eigenvalue weighted by atomic mass is 32.1. The molecule has 1 aliphatic heterocycles. The zero-order valence-corrected chi connectivity index (χ0v) is 14.8. The van der Waals surface area contributed by atoms with Gasteiger partial charge in [0.2, 0.25) is 0 Å². The maximum Gasteiger partial charge on any atom is 0.416 e. The Hall–Kier alpha value is -2.13. The second-order valence-electron chi connectivity index (χ2n) is 6.15. The normalized spacial score (nSPS) is 17.0. The van der Waals surface area contributed by atoms with Crippen molar-refractivity contribution in [3.8, 4) is 5.69 Å². The van der Waals surface area contributed by atoms with Crippen LogP contribution in [0.4, 0.5) is 18.0 Å². The molecular formula is C17H18F3N3O2S. The van der Waals surface area contributed by atoms with Gasteiger partial charge in [-0.2, -0.15) is 18.2 Å². The van der Waals surface area contributed by atoms with E-state index in [1.54, 1.807) is 15.7 Å². The number of benzene rings is 1. The number of amides is 2. The van der Waals surface area contributed by atoms with Crippen LogP contribution in [0.25, 0.3) is 5.69 Å². The van der Waals surface area contributed by atoms with E-state index in [0.29, 0.717) is 36.4 Å². The minimum Gasteiger partial charge on any atom is -0.393 e. The molecule has 5 nitrogen and oxygen atoms in total. The quantitative estimate of drug-likeness (QED) is 0.819. The van der Waals surface area contributed by atoms with Crippen LogP contribution in [0.1, 0.15) is 23.3 Å². The lowest BCUT2D eigenvalue weighted by atomic mass is 10.1. The van der Waals surface area contributed by atoms with Crippen molar-refractivity contribution in [1.82, 2.24) is 9.47 Å². The van der Waals surface area contributed by atoms with E-state index in [2.05, 4.69) is 4.99 Å². The number of thiazole rings is 1. The van der Waals surface area contributed by atoms with Gasteiger partial charge in [-0.15, -0.1) is 11.3 Å². The van der Waals surface area contributed by atoms with Crippen LogP contribution >= 0.6 is 11.3 Å². The van der Waals surface area contributed by atoms with E-state index >= 15 is 0 Å². The van der Waals surface area contributed by atoms with Crippen LogP contribution in [-0.4, -0.2) is 39.8 Å². The summed E-state index contributed by atoms with van der Waals surface area (Å²) in [6.07, 6.45) is -2.01. The fourth-order valence-corrected chi connectivity index (χ4v) is 3.57. The highest BCUT2D eigenvalue weighted by molar-refractivity contribution is 7.09. The van der Waals surface area contributed by atoms with Crippen LogP contribution in [0.2, 0.25) is 0 Å². The third-order valence-electron chi connectivity index (χ3n) is 4.17. The summed E-state index contributed by atoms with van der Waals surface area (Å²) in [7, 11) is 0. The zero-order chi connectivity index (χ0) is 18.9. The fraction of sp³-hybridized carbons (Fsp3) is 0.412. The maximum atomic E-state index is 12.7. The Morgan fingerprint density at radius 1 is 1.23 bits per heavy atom. The Labute approximate surface area is 152 Å². The van der Waals surface area contributed by atoms with Crippen LogP contribution in [0, 0.1) is 6.92 Å². The second-order valence-corrected chi connectivity index (χ2v) is 7.36. The van der Waals surface area contributed by atoms with Gasteiger partial charge in [-0.25, -0.2) is 4.79 Å². The van der Waals surface area contributed by atoms with Gasteiger partial charge in [0, 0.05) is 29.9 Å². The predicted octanol–water partition coefficient (Wildman–Crippen LogP) is 3.34. The number of nitrogens with zero attached hydrogens (tertiary/aromatic N) is 3. The summed E-state index contributed by atoms with van der Waals surface area (Å²) in [5, 5.41) is 9.52. The Bertz CT molecular complexity index is 847. The lowest BCUT2D eigenvalue weighted by Gasteiger charge is -2.27. The Morgan fingerprint density at radius 2 is 1.85 bits per heavy atom. The molecular weight excluding hydrogens is 367 g/mol. The first kappa shape index (κ1) is 18.7. The summed E-state index contributed by atoms with van der Waals surface area (Å²) in [6.45, 7) is 2.72. The van der Waals surface area contributed by atoms with Crippen molar-refractivity contribution in [1.29, 1.82) is 0 Å². The van der Waals surface area contributed by atoms with E-state index < -0.39 is 17.8 Å². The fourth-order valence-electron chi connectivity index (χ4n) is 2.74. The van der Waals surface area contributed by atoms with E-state index in [9.17, 15) is 23.1 Å². The maximum absolute atomic E-state index is 12.7. The summed E-state index contributed by atoms with van der Waals surface area (Å²) in [5.41, 5.74) is -0.224. The van der Waals surface area contributed by atoms with Crippen LogP contribution in [0.5, 0.6) is 0 Å². The van der Waals surface area contributed by atoms with Gasteiger partial charge in [0.05, 0.1) is 11.7 Å². The number of aryl methyl sites for hydroxylation is 1. The predicted molar refractivity (Wildman–Crippen MR) is 91.2 cm³/mol. The van der Waals surface area contributed by atoms with Crippen molar-refractivity contribution in [3.63, 3.8) is 0 Å². The van der Waals surface area contributed by atoms with Crippen LogP contribution in [-0.2, 0) is 6.18 Å². The average Bonchev–Trinajstić information content (AvgIpc) is 2.95. The molecule has 1 aromatic heterocycles. The van der Waals surface area contributed by atoms with E-state index in [-0.39, 0.29) is 6.10 Å². The number of aliphatic hydroxyl groups is 1. The van der Waals surface area contributed by atoms with Gasteiger partial charge >= 0.3 is 12.2 Å². The molecule has 0 aliphatic carbocycles. The largest absolute Gasteiger partial charge is 0.416 e. The first-order chi connectivity index (χ1) is 12.2. The molecule has 0 radical (unpaired) electrons. The number of halogens is 3. The van der Waals surface area contributed by atoms with Gasteiger partial charge in [0.1, 0.15) is 0 Å². The molecule has 9 heteroatoms. The molecule has 2 amide bonds. The van der Waals surface area contributed by atoms with E-state index in [0.717, 1.165) is 17.0 Å². The SMILES string of the molecule is Cc1cn(-c2ccc(C(F)(F)F)cc2)c(=NC(=O)N2CCC(O)CC2)s1. The topological polar surface area (TPSA) is 57.8 Å². The van der Waals surface area contributed by atoms with Crippen molar-refractivity contribution in [2.24, 2.45) is 4.99 Å². The third-order valence-corrected chi connectivity index (χ3v) is 5.07. The molecule has 26 heavy (non-hydrogen) atoms. The Balaban J connectivity index is 1.89. The number of urea groups is 1. The summed E-state index contributed by atoms with van der Waals surface area (Å²) in [5.74, 6) is 0. The summed E-state index contributed by atoms with van der Waals surface area (Å²) in [4.78, 5) is 19.4. The number of alkyl halides is 3. The molecule has 2 heterocycles.